The summed E-state index contributed by atoms with van der Waals surface area (Å²) < 4.78 is 15.3. The first-order valence-electron chi connectivity index (χ1n) is 8.79. The number of aromatic amines is 1. The number of hydrogen-bond donors (Lipinski definition) is 1. The van der Waals surface area contributed by atoms with E-state index in [-0.39, 0.29) is 19.0 Å². The molecule has 3 rings (SSSR count). The van der Waals surface area contributed by atoms with Gasteiger partial charge in [0.05, 0.1) is 21.3 Å². The lowest BCUT2D eigenvalue weighted by Crippen LogP contribution is -2.36. The van der Waals surface area contributed by atoms with Crippen molar-refractivity contribution in [2.75, 3.05) is 27.9 Å². The molecule has 0 unspecified atom stereocenters. The van der Waals surface area contributed by atoms with Gasteiger partial charge in [0.25, 0.3) is 5.91 Å². The van der Waals surface area contributed by atoms with Gasteiger partial charge in [-0.05, 0) is 35.9 Å². The number of esters is 1. The van der Waals surface area contributed by atoms with Crippen molar-refractivity contribution in [2.24, 2.45) is 0 Å². The quantitative estimate of drug-likeness (QED) is 0.594. The third-order valence-electron chi connectivity index (χ3n) is 4.43. The van der Waals surface area contributed by atoms with Gasteiger partial charge in [-0.2, -0.15) is 0 Å². The number of ether oxygens (including phenoxy) is 3. The molecule has 29 heavy (non-hydrogen) atoms. The summed E-state index contributed by atoms with van der Waals surface area (Å²) in [6, 6.07) is 12.3. The molecular formula is C21H21ClN2O5. The van der Waals surface area contributed by atoms with E-state index in [0.717, 1.165) is 16.5 Å². The van der Waals surface area contributed by atoms with Crippen molar-refractivity contribution in [1.29, 1.82) is 0 Å². The molecule has 0 saturated carbocycles. The molecule has 1 heterocycles. The Morgan fingerprint density at radius 3 is 2.31 bits per heavy atom. The lowest BCUT2D eigenvalue weighted by atomic mass is 10.1. The third-order valence-corrected chi connectivity index (χ3v) is 4.67. The summed E-state index contributed by atoms with van der Waals surface area (Å²) in [4.78, 5) is 29.5. The highest BCUT2D eigenvalue weighted by Crippen LogP contribution is 2.25. The molecule has 2 aromatic carbocycles. The second-order valence-electron chi connectivity index (χ2n) is 6.37. The molecule has 0 fully saturated rings. The molecule has 0 aliphatic heterocycles. The van der Waals surface area contributed by atoms with Gasteiger partial charge in [-0.25, -0.2) is 0 Å². The Hall–Kier alpha value is -3.19. The van der Waals surface area contributed by atoms with E-state index in [4.69, 9.17) is 25.8 Å². The van der Waals surface area contributed by atoms with Crippen molar-refractivity contribution in [3.8, 4) is 11.5 Å². The zero-order chi connectivity index (χ0) is 21.0. The van der Waals surface area contributed by atoms with Crippen LogP contribution >= 0.6 is 11.6 Å². The van der Waals surface area contributed by atoms with E-state index in [0.29, 0.717) is 22.2 Å². The van der Waals surface area contributed by atoms with E-state index in [1.54, 1.807) is 50.6 Å². The number of aromatic nitrogens is 1. The van der Waals surface area contributed by atoms with Gasteiger partial charge in [-0.3, -0.25) is 9.59 Å². The number of fused-ring (bicyclic) bond motifs is 1. The van der Waals surface area contributed by atoms with Crippen molar-refractivity contribution >= 4 is 34.4 Å². The molecule has 0 saturated heterocycles. The maximum atomic E-state index is 13.2. The average molecular weight is 417 g/mol. The first-order chi connectivity index (χ1) is 13.9. The third kappa shape index (κ3) is 4.81. The Kier molecular flexibility index (Phi) is 6.29. The lowest BCUT2D eigenvalue weighted by molar-refractivity contribution is -0.141. The maximum Gasteiger partial charge on any atom is 0.325 e. The van der Waals surface area contributed by atoms with Gasteiger partial charge in [-0.1, -0.05) is 17.7 Å². The average Bonchev–Trinajstić information content (AvgIpc) is 3.15. The van der Waals surface area contributed by atoms with Crippen LogP contribution in [0.3, 0.4) is 0 Å². The molecule has 0 spiro atoms. The van der Waals surface area contributed by atoms with Crippen LogP contribution in [0.1, 0.15) is 16.1 Å². The highest BCUT2D eigenvalue weighted by Gasteiger charge is 2.22. The van der Waals surface area contributed by atoms with Crippen LogP contribution in [-0.2, 0) is 16.1 Å². The van der Waals surface area contributed by atoms with Gasteiger partial charge in [0, 0.05) is 28.5 Å². The molecule has 0 radical (unpaired) electrons. The number of amides is 1. The van der Waals surface area contributed by atoms with Crippen LogP contribution < -0.4 is 9.47 Å². The molecule has 1 amide bonds. The van der Waals surface area contributed by atoms with E-state index in [1.165, 1.54) is 12.0 Å². The van der Waals surface area contributed by atoms with Gasteiger partial charge in [0.1, 0.15) is 23.7 Å². The summed E-state index contributed by atoms with van der Waals surface area (Å²) in [6.45, 7) is -0.0391. The summed E-state index contributed by atoms with van der Waals surface area (Å²) >= 11 is 6.02. The molecular weight excluding hydrogens is 396 g/mol. The Morgan fingerprint density at radius 2 is 1.69 bits per heavy atom. The number of H-pyrrole nitrogens is 1. The number of halogens is 1. The van der Waals surface area contributed by atoms with Crippen LogP contribution in [0.4, 0.5) is 0 Å². The smallest absolute Gasteiger partial charge is 0.325 e. The van der Waals surface area contributed by atoms with Crippen molar-refractivity contribution in [1.82, 2.24) is 9.88 Å². The van der Waals surface area contributed by atoms with Gasteiger partial charge in [0.2, 0.25) is 0 Å². The van der Waals surface area contributed by atoms with Crippen molar-refractivity contribution < 1.29 is 23.8 Å². The predicted molar refractivity (Wildman–Crippen MR) is 110 cm³/mol. The Balaban J connectivity index is 1.93. The second-order valence-corrected chi connectivity index (χ2v) is 6.81. The number of benzene rings is 2. The lowest BCUT2D eigenvalue weighted by Gasteiger charge is -2.21. The first-order valence-corrected chi connectivity index (χ1v) is 9.17. The number of carbonyl (C=O) groups is 2. The van der Waals surface area contributed by atoms with E-state index in [9.17, 15) is 9.59 Å². The van der Waals surface area contributed by atoms with Crippen LogP contribution in [0, 0.1) is 0 Å². The molecule has 7 nitrogen and oxygen atoms in total. The zero-order valence-electron chi connectivity index (χ0n) is 16.3. The van der Waals surface area contributed by atoms with Crippen molar-refractivity contribution in [3.05, 3.63) is 58.7 Å². The zero-order valence-corrected chi connectivity index (χ0v) is 17.1. The second kappa shape index (κ2) is 8.87. The predicted octanol–water partition coefficient (Wildman–Crippen LogP) is 3.65. The molecule has 152 valence electrons. The van der Waals surface area contributed by atoms with E-state index >= 15 is 0 Å². The molecule has 0 bridgehead atoms. The fourth-order valence-corrected chi connectivity index (χ4v) is 3.15. The highest BCUT2D eigenvalue weighted by molar-refractivity contribution is 6.31. The van der Waals surface area contributed by atoms with E-state index in [1.807, 2.05) is 6.07 Å². The van der Waals surface area contributed by atoms with Crippen LogP contribution in [0.5, 0.6) is 11.5 Å². The minimum atomic E-state index is -0.521. The summed E-state index contributed by atoms with van der Waals surface area (Å²) in [5.41, 5.74) is 1.83. The van der Waals surface area contributed by atoms with Gasteiger partial charge in [-0.15, -0.1) is 0 Å². The van der Waals surface area contributed by atoms with Crippen molar-refractivity contribution in [3.63, 3.8) is 0 Å². The number of methoxy groups -OCH3 is 3. The summed E-state index contributed by atoms with van der Waals surface area (Å²) in [6.07, 6.45) is 0. The van der Waals surface area contributed by atoms with Crippen molar-refractivity contribution in [2.45, 2.75) is 6.54 Å². The molecule has 1 aromatic heterocycles. The molecule has 3 aromatic rings. The minimum absolute atomic E-state index is 0.164. The SMILES string of the molecule is COC(=O)CN(Cc1cc(OC)cc(OC)c1)C(=O)c1cc2ccc(Cl)cc2[nH]1. The highest BCUT2D eigenvalue weighted by atomic mass is 35.5. The Morgan fingerprint density at radius 1 is 1.00 bits per heavy atom. The number of carbonyl (C=O) groups excluding carboxylic acids is 2. The van der Waals surface area contributed by atoms with E-state index < -0.39 is 5.97 Å². The summed E-state index contributed by atoms with van der Waals surface area (Å²) in [7, 11) is 4.38. The van der Waals surface area contributed by atoms with E-state index in [2.05, 4.69) is 4.98 Å². The topological polar surface area (TPSA) is 80.9 Å². The Labute approximate surface area is 173 Å². The number of hydrogen-bond acceptors (Lipinski definition) is 5. The fraction of sp³-hybridized carbons (Fsp3) is 0.238. The molecule has 1 N–H and O–H groups in total. The molecule has 0 aliphatic rings. The maximum absolute atomic E-state index is 13.2. The molecule has 0 aliphatic carbocycles. The summed E-state index contributed by atoms with van der Waals surface area (Å²) in [5.74, 6) is 0.312. The molecule has 0 atom stereocenters. The molecule has 8 heteroatoms. The fourth-order valence-electron chi connectivity index (χ4n) is 2.98. The van der Waals surface area contributed by atoms with Crippen LogP contribution in [0.15, 0.2) is 42.5 Å². The standard InChI is InChI=1S/C21H21ClN2O5/c1-27-16-6-13(7-17(10-16)28-2)11-24(12-20(25)29-3)21(26)19-8-14-4-5-15(22)9-18(14)23-19/h4-10,23H,11-12H2,1-3H3. The van der Waals surface area contributed by atoms with Gasteiger partial charge in [0.15, 0.2) is 0 Å². The number of rotatable bonds is 7. The normalized spacial score (nSPS) is 10.6. The van der Waals surface area contributed by atoms with Crippen LogP contribution in [0.2, 0.25) is 5.02 Å². The Bertz CT molecular complexity index is 1020. The van der Waals surface area contributed by atoms with Crippen LogP contribution in [0.25, 0.3) is 10.9 Å². The minimum Gasteiger partial charge on any atom is -0.497 e. The number of nitrogens with one attached hydrogen (secondary N) is 1. The summed E-state index contributed by atoms with van der Waals surface area (Å²) in [5, 5.41) is 1.41. The number of nitrogens with zero attached hydrogens (tertiary/aromatic N) is 1. The van der Waals surface area contributed by atoms with Gasteiger partial charge < -0.3 is 24.1 Å². The van der Waals surface area contributed by atoms with Gasteiger partial charge >= 0.3 is 5.97 Å². The first kappa shape index (κ1) is 20.5. The largest absolute Gasteiger partial charge is 0.497 e. The monoisotopic (exact) mass is 416 g/mol. The van der Waals surface area contributed by atoms with Crippen LogP contribution in [-0.4, -0.2) is 49.6 Å².